The summed E-state index contributed by atoms with van der Waals surface area (Å²) in [5.74, 6) is 1.63. The fourth-order valence-electron chi connectivity index (χ4n) is 4.54. The molecule has 0 saturated carbocycles. The minimum absolute atomic E-state index is 0.0626. The molecule has 0 spiro atoms. The molecule has 0 unspecified atom stereocenters. The van der Waals surface area contributed by atoms with E-state index in [0.29, 0.717) is 24.2 Å². The van der Waals surface area contributed by atoms with Crippen molar-refractivity contribution in [3.8, 4) is 0 Å². The van der Waals surface area contributed by atoms with Crippen molar-refractivity contribution in [1.82, 2.24) is 0 Å². The van der Waals surface area contributed by atoms with Crippen LogP contribution in [0.2, 0.25) is 0 Å². The zero-order valence-electron chi connectivity index (χ0n) is 25.2. The number of allylic oxidation sites excluding steroid dienone is 6. The van der Waals surface area contributed by atoms with Crippen LogP contribution in [0, 0.1) is 35.5 Å². The molecule has 0 rings (SSSR count). The Morgan fingerprint density at radius 1 is 0.889 bits per heavy atom. The average Bonchev–Trinajstić information content (AvgIpc) is 2.79. The van der Waals surface area contributed by atoms with E-state index in [4.69, 9.17) is 4.74 Å². The summed E-state index contributed by atoms with van der Waals surface area (Å²) in [5, 5.41) is 10.9. The average molecular weight is 501 g/mol. The zero-order valence-corrected chi connectivity index (χ0v) is 25.2. The lowest BCUT2D eigenvalue weighted by Gasteiger charge is -2.27. The van der Waals surface area contributed by atoms with Gasteiger partial charge in [0, 0.05) is 25.4 Å². The second-order valence-corrected chi connectivity index (χ2v) is 11.7. The zero-order chi connectivity index (χ0) is 28.0. The standard InChI is InChI=1S/C33H56O3/c1-22(2)18-31(34)27(8)21-28(9)33(35)30(11)29(10)26(7)20-24(5)16-14-13-15-17-25(6)32(36-12)19-23(3)4/h13-17,21-24,26-27,30,32-33,35H,10,18-20H2,1-9,11-12H3/b15-13+,16-14+,25-17+,28-21+/t24-,26-,27-,30+,32+,33-/m1/s1. The highest BCUT2D eigenvalue weighted by molar-refractivity contribution is 5.82. The molecule has 6 atom stereocenters. The number of hydrogen-bond donors (Lipinski definition) is 1. The van der Waals surface area contributed by atoms with Crippen molar-refractivity contribution < 1.29 is 14.6 Å². The van der Waals surface area contributed by atoms with Crippen LogP contribution in [-0.4, -0.2) is 30.2 Å². The SMILES string of the molecule is C=C([C@H](C)C[C@H](C)/C=C/C=C/C=C(\C)[C@H](CC(C)C)OC)[C@H](C)[C@H](O)/C(C)=C/[C@@H](C)C(=O)CC(C)C. The summed E-state index contributed by atoms with van der Waals surface area (Å²) in [5.41, 5.74) is 3.15. The fourth-order valence-corrected chi connectivity index (χ4v) is 4.54. The third-order valence-electron chi connectivity index (χ3n) is 7.01. The molecule has 0 heterocycles. The summed E-state index contributed by atoms with van der Waals surface area (Å²) in [6, 6.07) is 0. The van der Waals surface area contributed by atoms with E-state index in [1.54, 1.807) is 7.11 Å². The highest BCUT2D eigenvalue weighted by atomic mass is 16.5. The molecule has 36 heavy (non-hydrogen) atoms. The molecule has 0 amide bonds. The van der Waals surface area contributed by atoms with E-state index < -0.39 is 6.10 Å². The van der Waals surface area contributed by atoms with Gasteiger partial charge in [0.1, 0.15) is 5.78 Å². The van der Waals surface area contributed by atoms with Crippen LogP contribution in [0.4, 0.5) is 0 Å². The molecule has 0 fully saturated rings. The van der Waals surface area contributed by atoms with Crippen molar-refractivity contribution in [3.05, 3.63) is 59.8 Å². The first-order chi connectivity index (χ1) is 16.7. The van der Waals surface area contributed by atoms with Gasteiger partial charge in [0.15, 0.2) is 0 Å². The molecule has 0 saturated heterocycles. The molecule has 0 aliphatic carbocycles. The van der Waals surface area contributed by atoms with E-state index >= 15 is 0 Å². The van der Waals surface area contributed by atoms with Crippen LogP contribution >= 0.6 is 0 Å². The van der Waals surface area contributed by atoms with Gasteiger partial charge in [-0.2, -0.15) is 0 Å². The number of ether oxygens (including phenoxy) is 1. The van der Waals surface area contributed by atoms with Crippen LogP contribution in [0.5, 0.6) is 0 Å². The van der Waals surface area contributed by atoms with Crippen LogP contribution in [0.3, 0.4) is 0 Å². The number of ketones is 1. The maximum atomic E-state index is 12.3. The molecule has 0 bridgehead atoms. The number of carbonyl (C=O) groups excluding carboxylic acids is 1. The molecule has 0 aromatic heterocycles. The van der Waals surface area contributed by atoms with Crippen LogP contribution in [0.25, 0.3) is 0 Å². The first-order valence-corrected chi connectivity index (χ1v) is 13.8. The van der Waals surface area contributed by atoms with E-state index in [2.05, 4.69) is 85.4 Å². The van der Waals surface area contributed by atoms with E-state index in [1.165, 1.54) is 5.57 Å². The maximum Gasteiger partial charge on any atom is 0.139 e. The van der Waals surface area contributed by atoms with Crippen LogP contribution in [0.15, 0.2) is 59.8 Å². The molecule has 0 aromatic carbocycles. The molecular formula is C33H56O3. The number of hydrogen-bond acceptors (Lipinski definition) is 3. The molecule has 0 radical (unpaired) electrons. The van der Waals surface area contributed by atoms with Gasteiger partial charge >= 0.3 is 0 Å². The first-order valence-electron chi connectivity index (χ1n) is 13.8. The highest BCUT2D eigenvalue weighted by Gasteiger charge is 2.24. The summed E-state index contributed by atoms with van der Waals surface area (Å²) in [6.07, 6.45) is 14.7. The molecular weight excluding hydrogens is 444 g/mol. The first kappa shape index (κ1) is 34.3. The second-order valence-electron chi connectivity index (χ2n) is 11.7. The number of aliphatic hydroxyl groups excluding tert-OH is 1. The number of carbonyl (C=O) groups is 1. The van der Waals surface area contributed by atoms with Crippen LogP contribution in [0.1, 0.15) is 88.5 Å². The Morgan fingerprint density at radius 3 is 2.03 bits per heavy atom. The van der Waals surface area contributed by atoms with Gasteiger partial charge in [-0.3, -0.25) is 4.79 Å². The molecule has 0 aliphatic heterocycles. The lowest BCUT2D eigenvalue weighted by molar-refractivity contribution is -0.121. The highest BCUT2D eigenvalue weighted by Crippen LogP contribution is 2.29. The summed E-state index contributed by atoms with van der Waals surface area (Å²) < 4.78 is 5.61. The van der Waals surface area contributed by atoms with E-state index in [1.807, 2.05) is 26.8 Å². The summed E-state index contributed by atoms with van der Waals surface area (Å²) >= 11 is 0. The lowest BCUT2D eigenvalue weighted by Crippen LogP contribution is -2.24. The Hall–Kier alpha value is -1.71. The van der Waals surface area contributed by atoms with Gasteiger partial charge in [-0.05, 0) is 61.5 Å². The second kappa shape index (κ2) is 17.7. The topological polar surface area (TPSA) is 46.5 Å². The number of Topliss-reactive ketones (excluding diaryl/α,β-unsaturated/α-hetero) is 1. The smallest absolute Gasteiger partial charge is 0.139 e. The van der Waals surface area contributed by atoms with Gasteiger partial charge in [-0.1, -0.05) is 104 Å². The van der Waals surface area contributed by atoms with Crippen molar-refractivity contribution in [3.63, 3.8) is 0 Å². The molecule has 3 nitrogen and oxygen atoms in total. The van der Waals surface area contributed by atoms with Crippen LogP contribution < -0.4 is 0 Å². The van der Waals surface area contributed by atoms with Crippen molar-refractivity contribution in [2.24, 2.45) is 35.5 Å². The van der Waals surface area contributed by atoms with E-state index in [-0.39, 0.29) is 29.6 Å². The Balaban J connectivity index is 4.91. The van der Waals surface area contributed by atoms with Crippen molar-refractivity contribution in [1.29, 1.82) is 0 Å². The lowest BCUT2D eigenvalue weighted by atomic mass is 9.81. The Morgan fingerprint density at radius 2 is 1.50 bits per heavy atom. The Kier molecular flexibility index (Phi) is 16.9. The minimum Gasteiger partial charge on any atom is -0.388 e. The minimum atomic E-state index is -0.621. The van der Waals surface area contributed by atoms with Gasteiger partial charge in [0.25, 0.3) is 0 Å². The molecule has 3 heteroatoms. The quantitative estimate of drug-likeness (QED) is 0.161. The molecule has 0 aromatic rings. The van der Waals surface area contributed by atoms with Crippen molar-refractivity contribution in [2.45, 2.75) is 101 Å². The molecule has 206 valence electrons. The Labute approximate surface area is 223 Å². The third-order valence-corrected chi connectivity index (χ3v) is 7.01. The van der Waals surface area contributed by atoms with E-state index in [9.17, 15) is 9.90 Å². The summed E-state index contributed by atoms with van der Waals surface area (Å²) in [4.78, 5) is 12.3. The summed E-state index contributed by atoms with van der Waals surface area (Å²) in [6.45, 7) is 25.3. The van der Waals surface area contributed by atoms with E-state index in [0.717, 1.165) is 24.0 Å². The predicted octanol–water partition coefficient (Wildman–Crippen LogP) is 8.52. The maximum absolute atomic E-state index is 12.3. The normalized spacial score (nSPS) is 18.6. The third kappa shape index (κ3) is 13.6. The molecule has 0 aliphatic rings. The largest absolute Gasteiger partial charge is 0.388 e. The monoisotopic (exact) mass is 500 g/mol. The number of rotatable bonds is 17. The Bertz CT molecular complexity index is 781. The number of aliphatic hydroxyl groups is 1. The van der Waals surface area contributed by atoms with Crippen molar-refractivity contribution >= 4 is 5.78 Å². The predicted molar refractivity (Wildman–Crippen MR) is 157 cm³/mol. The molecule has 1 N–H and O–H groups in total. The summed E-state index contributed by atoms with van der Waals surface area (Å²) in [7, 11) is 1.78. The van der Waals surface area contributed by atoms with Gasteiger partial charge in [0.2, 0.25) is 0 Å². The van der Waals surface area contributed by atoms with Gasteiger partial charge in [0.05, 0.1) is 12.2 Å². The van der Waals surface area contributed by atoms with Crippen molar-refractivity contribution in [2.75, 3.05) is 7.11 Å². The van der Waals surface area contributed by atoms with Gasteiger partial charge in [-0.15, -0.1) is 0 Å². The van der Waals surface area contributed by atoms with Gasteiger partial charge in [-0.25, -0.2) is 0 Å². The van der Waals surface area contributed by atoms with Crippen LogP contribution in [-0.2, 0) is 9.53 Å². The number of methoxy groups -OCH3 is 1. The fraction of sp³-hybridized carbons (Fsp3) is 0.667. The van der Waals surface area contributed by atoms with Gasteiger partial charge < -0.3 is 9.84 Å².